The molecule has 4 aromatic rings. The van der Waals surface area contributed by atoms with E-state index in [0.29, 0.717) is 0 Å². The van der Waals surface area contributed by atoms with Gasteiger partial charge in [0.1, 0.15) is 0 Å². The van der Waals surface area contributed by atoms with Crippen molar-refractivity contribution in [1.29, 1.82) is 0 Å². The Bertz CT molecular complexity index is 1080. The van der Waals surface area contributed by atoms with E-state index in [1.165, 1.54) is 11.1 Å². The minimum Gasteiger partial charge on any atom is -0.356 e. The molecule has 0 amide bonds. The molecule has 0 radical (unpaired) electrons. The van der Waals surface area contributed by atoms with Crippen molar-refractivity contribution in [3.8, 4) is 11.1 Å². The number of benzene rings is 4. The molecule has 0 fully saturated rings. The minimum absolute atomic E-state index is 0.818. The van der Waals surface area contributed by atoms with Crippen molar-refractivity contribution in [3.63, 3.8) is 0 Å². The summed E-state index contributed by atoms with van der Waals surface area (Å²) in [4.78, 5) is 0. The van der Waals surface area contributed by atoms with Crippen LogP contribution in [0.25, 0.3) is 11.1 Å². The molecule has 28 heavy (non-hydrogen) atoms. The normalized spacial score (nSPS) is 10.9. The second kappa shape index (κ2) is 8.31. The summed E-state index contributed by atoms with van der Waals surface area (Å²) in [6.45, 7) is 2.11. The van der Waals surface area contributed by atoms with Crippen LogP contribution in [0.4, 0.5) is 22.7 Å². The predicted molar refractivity (Wildman–Crippen MR) is 117 cm³/mol. The molecule has 0 atom stereocenters. The van der Waals surface area contributed by atoms with Gasteiger partial charge in [-0.15, -0.1) is 5.11 Å². The highest BCUT2D eigenvalue weighted by Gasteiger charge is 2.06. The first-order valence-corrected chi connectivity index (χ1v) is 9.28. The van der Waals surface area contributed by atoms with Crippen LogP contribution in [-0.4, -0.2) is 0 Å². The summed E-state index contributed by atoms with van der Waals surface area (Å²) in [6.07, 6.45) is 0. The maximum Gasteiger partial charge on any atom is 0.0935 e. The third-order valence-corrected chi connectivity index (χ3v) is 4.54. The smallest absolute Gasteiger partial charge is 0.0935 e. The number of hydrogen-bond acceptors (Lipinski definition) is 3. The van der Waals surface area contributed by atoms with Gasteiger partial charge in [0.25, 0.3) is 0 Å². The lowest BCUT2D eigenvalue weighted by molar-refractivity contribution is 1.23. The van der Waals surface area contributed by atoms with Crippen molar-refractivity contribution in [2.75, 3.05) is 5.32 Å². The van der Waals surface area contributed by atoms with E-state index in [1.54, 1.807) is 0 Å². The number of aryl methyl sites for hydroxylation is 1. The highest BCUT2D eigenvalue weighted by molar-refractivity contribution is 5.77. The Morgan fingerprint density at radius 1 is 0.536 bits per heavy atom. The number of nitrogens with one attached hydrogen (secondary N) is 1. The number of nitrogens with zero attached hydrogens (tertiary/aromatic N) is 2. The van der Waals surface area contributed by atoms with Gasteiger partial charge in [0.2, 0.25) is 0 Å². The summed E-state index contributed by atoms with van der Waals surface area (Å²) in [6, 6.07) is 34.5. The predicted octanol–water partition coefficient (Wildman–Crippen LogP) is 7.82. The second-order valence-corrected chi connectivity index (χ2v) is 6.57. The van der Waals surface area contributed by atoms with E-state index in [2.05, 4.69) is 46.7 Å². The molecule has 0 aliphatic heterocycles. The Morgan fingerprint density at radius 3 is 1.89 bits per heavy atom. The van der Waals surface area contributed by atoms with E-state index >= 15 is 0 Å². The van der Waals surface area contributed by atoms with Crippen molar-refractivity contribution in [1.82, 2.24) is 0 Å². The molecule has 3 heteroatoms. The molecular formula is C25H21N3. The van der Waals surface area contributed by atoms with Crippen LogP contribution in [-0.2, 0) is 0 Å². The van der Waals surface area contributed by atoms with Gasteiger partial charge in [-0.1, -0.05) is 60.7 Å². The topological polar surface area (TPSA) is 36.8 Å². The van der Waals surface area contributed by atoms with Gasteiger partial charge in [-0.25, -0.2) is 0 Å². The van der Waals surface area contributed by atoms with Gasteiger partial charge in [0.15, 0.2) is 0 Å². The van der Waals surface area contributed by atoms with Crippen LogP contribution >= 0.6 is 0 Å². The maximum absolute atomic E-state index is 4.51. The van der Waals surface area contributed by atoms with Crippen LogP contribution < -0.4 is 5.32 Å². The standard InChI is InChI=1S/C25H21N3/c1-19-9-5-6-12-23(19)24-13-7-8-14-25(24)28-27-22-17-15-21(16-18-22)26-20-10-3-2-4-11-20/h2-18,26H,1H3. The summed E-state index contributed by atoms with van der Waals surface area (Å²) < 4.78 is 0. The van der Waals surface area contributed by atoms with Gasteiger partial charge in [0.05, 0.1) is 11.4 Å². The molecule has 0 aliphatic rings. The van der Waals surface area contributed by atoms with E-state index in [9.17, 15) is 0 Å². The molecular weight excluding hydrogens is 342 g/mol. The molecule has 0 saturated heterocycles. The van der Waals surface area contributed by atoms with Crippen molar-refractivity contribution in [2.24, 2.45) is 10.2 Å². The SMILES string of the molecule is Cc1ccccc1-c1ccccc1N=Nc1ccc(Nc2ccccc2)cc1. The fraction of sp³-hybridized carbons (Fsp3) is 0.0400. The average molecular weight is 363 g/mol. The molecule has 0 bridgehead atoms. The number of rotatable bonds is 5. The monoisotopic (exact) mass is 363 g/mol. The van der Waals surface area contributed by atoms with Crippen LogP contribution in [0.1, 0.15) is 5.56 Å². The fourth-order valence-corrected chi connectivity index (χ4v) is 3.07. The fourth-order valence-electron chi connectivity index (χ4n) is 3.07. The highest BCUT2D eigenvalue weighted by atomic mass is 15.1. The van der Waals surface area contributed by atoms with Crippen molar-refractivity contribution < 1.29 is 0 Å². The third kappa shape index (κ3) is 4.15. The van der Waals surface area contributed by atoms with Gasteiger partial charge in [-0.3, -0.25) is 0 Å². The van der Waals surface area contributed by atoms with Crippen LogP contribution in [0.15, 0.2) is 113 Å². The molecule has 0 aliphatic carbocycles. The first-order chi connectivity index (χ1) is 13.8. The van der Waals surface area contributed by atoms with E-state index in [4.69, 9.17) is 0 Å². The Labute approximate surface area is 165 Å². The van der Waals surface area contributed by atoms with Crippen LogP contribution in [0.2, 0.25) is 0 Å². The van der Waals surface area contributed by atoms with Crippen LogP contribution in [0, 0.1) is 6.92 Å². The summed E-state index contributed by atoms with van der Waals surface area (Å²) in [5, 5.41) is 12.3. The molecule has 0 unspecified atom stereocenters. The number of para-hydroxylation sites is 1. The molecule has 4 rings (SSSR count). The lowest BCUT2D eigenvalue weighted by Gasteiger charge is -2.08. The molecule has 1 N–H and O–H groups in total. The molecule has 0 heterocycles. The van der Waals surface area contributed by atoms with Crippen LogP contribution in [0.5, 0.6) is 0 Å². The lowest BCUT2D eigenvalue weighted by atomic mass is 9.99. The zero-order valence-corrected chi connectivity index (χ0v) is 15.7. The molecule has 0 saturated carbocycles. The molecule has 136 valence electrons. The molecule has 0 aromatic heterocycles. The zero-order valence-electron chi connectivity index (χ0n) is 15.7. The average Bonchev–Trinajstić information content (AvgIpc) is 2.75. The Kier molecular flexibility index (Phi) is 5.25. The van der Waals surface area contributed by atoms with E-state index < -0.39 is 0 Å². The van der Waals surface area contributed by atoms with Gasteiger partial charge < -0.3 is 5.32 Å². The summed E-state index contributed by atoms with van der Waals surface area (Å²) in [5.74, 6) is 0. The first kappa shape index (κ1) is 17.7. The largest absolute Gasteiger partial charge is 0.356 e. The van der Waals surface area contributed by atoms with Crippen LogP contribution in [0.3, 0.4) is 0 Å². The summed E-state index contributed by atoms with van der Waals surface area (Å²) in [5.41, 5.74) is 7.25. The second-order valence-electron chi connectivity index (χ2n) is 6.57. The summed E-state index contributed by atoms with van der Waals surface area (Å²) >= 11 is 0. The number of hydrogen-bond donors (Lipinski definition) is 1. The molecule has 0 spiro atoms. The zero-order chi connectivity index (χ0) is 19.2. The maximum atomic E-state index is 4.51. The van der Waals surface area contributed by atoms with Crippen molar-refractivity contribution >= 4 is 22.7 Å². The Hall–Kier alpha value is -3.72. The van der Waals surface area contributed by atoms with Gasteiger partial charge >= 0.3 is 0 Å². The van der Waals surface area contributed by atoms with E-state index in [1.807, 2.05) is 78.9 Å². The lowest BCUT2D eigenvalue weighted by Crippen LogP contribution is -1.88. The Balaban J connectivity index is 1.55. The van der Waals surface area contributed by atoms with Gasteiger partial charge in [-0.2, -0.15) is 5.11 Å². The van der Waals surface area contributed by atoms with Gasteiger partial charge in [-0.05, 0) is 60.5 Å². The van der Waals surface area contributed by atoms with E-state index in [0.717, 1.165) is 28.3 Å². The van der Waals surface area contributed by atoms with Crippen molar-refractivity contribution in [3.05, 3.63) is 109 Å². The molecule has 4 aromatic carbocycles. The quantitative estimate of drug-likeness (QED) is 0.360. The summed E-state index contributed by atoms with van der Waals surface area (Å²) in [7, 11) is 0. The Morgan fingerprint density at radius 2 is 1.14 bits per heavy atom. The van der Waals surface area contributed by atoms with Gasteiger partial charge in [0, 0.05) is 16.9 Å². The molecule has 3 nitrogen and oxygen atoms in total. The highest BCUT2D eigenvalue weighted by Crippen LogP contribution is 2.33. The minimum atomic E-state index is 0.818. The van der Waals surface area contributed by atoms with E-state index in [-0.39, 0.29) is 0 Å². The number of azo groups is 1. The third-order valence-electron chi connectivity index (χ3n) is 4.54. The first-order valence-electron chi connectivity index (χ1n) is 9.28. The van der Waals surface area contributed by atoms with Crippen molar-refractivity contribution in [2.45, 2.75) is 6.92 Å². The number of anilines is 2.